The number of nitriles is 1. The van der Waals surface area contributed by atoms with Crippen LogP contribution in [0.1, 0.15) is 43.9 Å². The van der Waals surface area contributed by atoms with Crippen LogP contribution in [0, 0.1) is 11.3 Å². The summed E-state index contributed by atoms with van der Waals surface area (Å²) in [6, 6.07) is 7.01. The average molecular weight is 329 g/mol. The van der Waals surface area contributed by atoms with Gasteiger partial charge in [0.15, 0.2) is 0 Å². The van der Waals surface area contributed by atoms with Gasteiger partial charge in [0.2, 0.25) is 5.91 Å². The zero-order valence-electron chi connectivity index (χ0n) is 13.9. The Bertz CT molecular complexity index is 680. The van der Waals surface area contributed by atoms with Crippen LogP contribution in [0.25, 0.3) is 0 Å². The van der Waals surface area contributed by atoms with E-state index in [1.807, 2.05) is 13.8 Å². The first kappa shape index (κ1) is 16.7. The molecule has 6 nitrogen and oxygen atoms in total. The number of hydrogen-bond acceptors (Lipinski definition) is 5. The van der Waals surface area contributed by atoms with Gasteiger partial charge in [0.25, 0.3) is 0 Å². The normalized spacial score (nSPS) is 25.1. The van der Waals surface area contributed by atoms with Gasteiger partial charge in [-0.2, -0.15) is 5.26 Å². The van der Waals surface area contributed by atoms with Gasteiger partial charge in [-0.25, -0.2) is 0 Å². The van der Waals surface area contributed by atoms with E-state index >= 15 is 0 Å². The van der Waals surface area contributed by atoms with Crippen molar-refractivity contribution in [2.45, 2.75) is 44.4 Å². The van der Waals surface area contributed by atoms with Crippen LogP contribution < -0.4 is 9.84 Å². The number of carbonyl (C=O) groups is 1. The third kappa shape index (κ3) is 2.85. The smallest absolute Gasteiger partial charge is 0.223 e. The number of nitrogens with zero attached hydrogens (tertiary/aromatic N) is 2. The largest absolute Gasteiger partial charge is 0.853 e. The van der Waals surface area contributed by atoms with E-state index < -0.39 is 11.7 Å². The van der Waals surface area contributed by atoms with Crippen molar-refractivity contribution < 1.29 is 19.4 Å². The Morgan fingerprint density at radius 3 is 2.92 bits per heavy atom. The first-order chi connectivity index (χ1) is 11.5. The summed E-state index contributed by atoms with van der Waals surface area (Å²) in [6.45, 7) is 4.16. The summed E-state index contributed by atoms with van der Waals surface area (Å²) in [5, 5.41) is 20.1. The summed E-state index contributed by atoms with van der Waals surface area (Å²) in [5.41, 5.74) is 0.597. The summed E-state index contributed by atoms with van der Waals surface area (Å²) in [7, 11) is 0. The summed E-state index contributed by atoms with van der Waals surface area (Å²) < 4.78 is 11.9. The lowest BCUT2D eigenvalue weighted by Crippen LogP contribution is -2.55. The molecule has 0 spiro atoms. The van der Waals surface area contributed by atoms with Gasteiger partial charge in [-0.3, -0.25) is 4.79 Å². The van der Waals surface area contributed by atoms with Crippen molar-refractivity contribution in [3.63, 3.8) is 0 Å². The topological polar surface area (TPSA) is 85.6 Å². The van der Waals surface area contributed by atoms with E-state index in [2.05, 4.69) is 6.07 Å². The zero-order valence-corrected chi connectivity index (χ0v) is 13.9. The highest BCUT2D eigenvalue weighted by Crippen LogP contribution is 2.45. The van der Waals surface area contributed by atoms with E-state index in [9.17, 15) is 15.2 Å². The molecule has 0 unspecified atom stereocenters. The van der Waals surface area contributed by atoms with Crippen molar-refractivity contribution in [1.82, 2.24) is 4.90 Å². The molecule has 128 valence electrons. The van der Waals surface area contributed by atoms with Gasteiger partial charge in [-0.1, -0.05) is 0 Å². The monoisotopic (exact) mass is 329 g/mol. The van der Waals surface area contributed by atoms with Crippen LogP contribution in [-0.2, 0) is 9.53 Å². The summed E-state index contributed by atoms with van der Waals surface area (Å²) in [5.74, 6) is 0.729. The number of rotatable bonds is 4. The number of carbonyl (C=O) groups excluding carboxylic acids is 1. The number of hydrogen-bond donors (Lipinski definition) is 0. The Balaban J connectivity index is 2.10. The Hall–Kier alpha value is -2.10. The second-order valence-electron chi connectivity index (χ2n) is 6.70. The van der Waals surface area contributed by atoms with Crippen molar-refractivity contribution in [2.24, 2.45) is 0 Å². The second kappa shape index (κ2) is 6.42. The molecule has 2 aliphatic heterocycles. The van der Waals surface area contributed by atoms with Gasteiger partial charge in [0.05, 0.1) is 17.7 Å². The molecule has 2 heterocycles. The molecule has 1 amide bonds. The molecule has 0 bridgehead atoms. The predicted molar refractivity (Wildman–Crippen MR) is 84.2 cm³/mol. The van der Waals surface area contributed by atoms with Crippen LogP contribution in [0.3, 0.4) is 0 Å². The molecule has 1 aromatic rings. The highest BCUT2D eigenvalue weighted by molar-refractivity contribution is 5.79. The van der Waals surface area contributed by atoms with E-state index in [1.165, 1.54) is 0 Å². The number of fused-ring (bicyclic) bond motifs is 1. The Morgan fingerprint density at radius 2 is 2.29 bits per heavy atom. The van der Waals surface area contributed by atoms with E-state index in [1.54, 1.807) is 23.1 Å². The predicted octanol–water partition coefficient (Wildman–Crippen LogP) is 1.14. The lowest BCUT2D eigenvalue weighted by Gasteiger charge is -2.47. The molecule has 6 heteroatoms. The van der Waals surface area contributed by atoms with Gasteiger partial charge in [0, 0.05) is 25.1 Å². The maximum atomic E-state index is 12.4. The van der Waals surface area contributed by atoms with E-state index in [4.69, 9.17) is 9.47 Å². The molecule has 0 saturated carbocycles. The third-order valence-corrected chi connectivity index (χ3v) is 4.63. The molecule has 2 atom stereocenters. The standard InChI is InChI=1S/C18H21N2O4/c1-18(2)17(23-9-8-21)16(20-7-3-4-15(20)22)13-10-12(11-19)5-6-14(13)24-18/h5-6,10,16-17H,3-4,7-9H2,1-2H3/q-1/t16-,17-/m0/s1. The van der Waals surface area contributed by atoms with Crippen molar-refractivity contribution in [1.29, 1.82) is 5.26 Å². The molecule has 2 aliphatic rings. The first-order valence-electron chi connectivity index (χ1n) is 8.20. The fraction of sp³-hybridized carbons (Fsp3) is 0.556. The summed E-state index contributed by atoms with van der Waals surface area (Å²) in [4.78, 5) is 14.2. The van der Waals surface area contributed by atoms with Crippen LogP contribution in [0.5, 0.6) is 5.75 Å². The zero-order chi connectivity index (χ0) is 17.3. The minimum absolute atomic E-state index is 0.0588. The number of benzene rings is 1. The fourth-order valence-corrected chi connectivity index (χ4v) is 3.59. The van der Waals surface area contributed by atoms with Crippen LogP contribution >= 0.6 is 0 Å². The van der Waals surface area contributed by atoms with Crippen molar-refractivity contribution in [3.05, 3.63) is 29.3 Å². The molecule has 1 fully saturated rings. The number of ether oxygens (including phenoxy) is 2. The van der Waals surface area contributed by atoms with Gasteiger partial charge < -0.3 is 19.5 Å². The van der Waals surface area contributed by atoms with Gasteiger partial charge in [0.1, 0.15) is 17.5 Å². The number of amides is 1. The van der Waals surface area contributed by atoms with Crippen molar-refractivity contribution >= 4 is 5.91 Å². The van der Waals surface area contributed by atoms with E-state index in [0.717, 1.165) is 12.0 Å². The quantitative estimate of drug-likeness (QED) is 0.827. The molecular weight excluding hydrogens is 308 g/mol. The minimum Gasteiger partial charge on any atom is -0.853 e. The lowest BCUT2D eigenvalue weighted by atomic mass is 9.84. The van der Waals surface area contributed by atoms with Crippen molar-refractivity contribution in [3.8, 4) is 11.8 Å². The molecular formula is C18H21N2O4-. The molecule has 0 radical (unpaired) electrons. The Kier molecular flexibility index (Phi) is 4.48. The summed E-state index contributed by atoms with van der Waals surface area (Å²) in [6.07, 6.45) is 0.854. The molecule has 0 aliphatic carbocycles. The van der Waals surface area contributed by atoms with Crippen molar-refractivity contribution in [2.75, 3.05) is 19.8 Å². The van der Waals surface area contributed by atoms with E-state index in [0.29, 0.717) is 24.3 Å². The van der Waals surface area contributed by atoms with Crippen LogP contribution in [-0.4, -0.2) is 42.3 Å². The second-order valence-corrected chi connectivity index (χ2v) is 6.70. The number of likely N-dealkylation sites (tertiary alicyclic amines) is 1. The van der Waals surface area contributed by atoms with Gasteiger partial charge in [-0.05, 0) is 38.5 Å². The SMILES string of the molecule is CC1(C)Oc2ccc(C#N)cc2[C@H](N2CCCC2=O)[C@@H]1OCC[O-]. The van der Waals surface area contributed by atoms with Crippen LogP contribution in [0.2, 0.25) is 0 Å². The van der Waals surface area contributed by atoms with Gasteiger partial charge >= 0.3 is 0 Å². The molecule has 1 aromatic carbocycles. The Labute approximate surface area is 141 Å². The highest BCUT2D eigenvalue weighted by atomic mass is 16.6. The van der Waals surface area contributed by atoms with E-state index in [-0.39, 0.29) is 25.2 Å². The molecule has 1 saturated heterocycles. The molecule has 3 rings (SSSR count). The minimum atomic E-state index is -0.691. The van der Waals surface area contributed by atoms with Gasteiger partial charge in [-0.15, -0.1) is 6.61 Å². The Morgan fingerprint density at radius 1 is 1.50 bits per heavy atom. The molecule has 24 heavy (non-hydrogen) atoms. The maximum absolute atomic E-state index is 12.4. The third-order valence-electron chi connectivity index (χ3n) is 4.63. The fourth-order valence-electron chi connectivity index (χ4n) is 3.59. The summed E-state index contributed by atoms with van der Waals surface area (Å²) >= 11 is 0. The lowest BCUT2D eigenvalue weighted by molar-refractivity contribution is -0.377. The highest BCUT2D eigenvalue weighted by Gasteiger charge is 2.49. The average Bonchev–Trinajstić information content (AvgIpc) is 2.97. The van der Waals surface area contributed by atoms with Crippen LogP contribution in [0.4, 0.5) is 0 Å². The van der Waals surface area contributed by atoms with Crippen LogP contribution in [0.15, 0.2) is 18.2 Å². The first-order valence-corrected chi connectivity index (χ1v) is 8.20. The molecule has 0 aromatic heterocycles. The molecule has 0 N–H and O–H groups in total. The maximum Gasteiger partial charge on any atom is 0.223 e.